The lowest BCUT2D eigenvalue weighted by atomic mass is 9.84. The van der Waals surface area contributed by atoms with E-state index < -0.39 is 0 Å². The van der Waals surface area contributed by atoms with E-state index in [4.69, 9.17) is 4.63 Å². The molecule has 1 amide bonds. The molecule has 9 heteroatoms. The number of nitrogens with zero attached hydrogens (tertiary/aromatic N) is 4. The van der Waals surface area contributed by atoms with Gasteiger partial charge in [-0.2, -0.15) is 0 Å². The molecule has 0 saturated carbocycles. The van der Waals surface area contributed by atoms with Gasteiger partial charge in [-0.1, -0.05) is 6.07 Å². The fourth-order valence-corrected chi connectivity index (χ4v) is 4.43. The number of fused-ring (bicyclic) bond motifs is 5. The number of halogens is 1. The molecule has 0 unspecified atom stereocenters. The Hall–Kier alpha value is -2.71. The van der Waals surface area contributed by atoms with E-state index in [1.54, 1.807) is 24.1 Å². The van der Waals surface area contributed by atoms with E-state index in [-0.39, 0.29) is 29.4 Å². The van der Waals surface area contributed by atoms with Crippen molar-refractivity contribution in [2.45, 2.75) is 25.4 Å². The fraction of sp³-hybridized carbons (Fsp3) is 0.400. The zero-order valence-corrected chi connectivity index (χ0v) is 16.8. The van der Waals surface area contributed by atoms with Crippen LogP contribution < -0.4 is 10.9 Å². The van der Waals surface area contributed by atoms with Gasteiger partial charge in [0.05, 0.1) is 0 Å². The number of pyridine rings is 1. The summed E-state index contributed by atoms with van der Waals surface area (Å²) >= 11 is 0. The Bertz CT molecular complexity index is 1120. The molecule has 1 aromatic carbocycles. The zero-order valence-electron chi connectivity index (χ0n) is 16.0. The van der Waals surface area contributed by atoms with E-state index in [0.717, 1.165) is 30.8 Å². The SMILES string of the molecule is CN(Cc1ccc2nonc2c1)C(=O)c1ccc2n(c1=O)C[C@@H]1CNC[C@H]2C1.Cl. The number of carbonyl (C=O) groups is 1. The van der Waals surface area contributed by atoms with Gasteiger partial charge in [-0.15, -0.1) is 12.4 Å². The number of carbonyl (C=O) groups excluding carboxylic acids is 1. The summed E-state index contributed by atoms with van der Waals surface area (Å²) in [7, 11) is 1.70. The van der Waals surface area contributed by atoms with Crippen molar-refractivity contribution in [1.29, 1.82) is 0 Å². The highest BCUT2D eigenvalue weighted by atomic mass is 35.5. The average molecular weight is 416 g/mol. The number of rotatable bonds is 3. The maximum Gasteiger partial charge on any atom is 0.263 e. The topological polar surface area (TPSA) is 93.3 Å². The van der Waals surface area contributed by atoms with Crippen LogP contribution in [0.5, 0.6) is 0 Å². The Morgan fingerprint density at radius 3 is 2.93 bits per heavy atom. The standard InChI is InChI=1S/C20H21N5O3.ClH/c1-24(10-12-2-4-16-17(7-12)23-28-22-16)19(26)15-3-5-18-14-6-13(8-21-9-14)11-25(18)20(15)27;/h2-5,7,13-14,21H,6,8-11H2,1H3;1H/t13-,14+;/m0./s1. The molecule has 1 fully saturated rings. The number of benzene rings is 1. The van der Waals surface area contributed by atoms with E-state index in [0.29, 0.717) is 36.0 Å². The Morgan fingerprint density at radius 2 is 2.07 bits per heavy atom. The Balaban J connectivity index is 0.00000205. The molecule has 2 atom stereocenters. The van der Waals surface area contributed by atoms with Crippen molar-refractivity contribution in [3.05, 3.63) is 57.5 Å². The highest BCUT2D eigenvalue weighted by Gasteiger charge is 2.32. The van der Waals surface area contributed by atoms with Crippen molar-refractivity contribution < 1.29 is 9.42 Å². The van der Waals surface area contributed by atoms with Gasteiger partial charge in [0.25, 0.3) is 11.5 Å². The van der Waals surface area contributed by atoms with Gasteiger partial charge in [0, 0.05) is 38.3 Å². The molecule has 5 rings (SSSR count). The lowest BCUT2D eigenvalue weighted by Gasteiger charge is -2.37. The number of aromatic nitrogens is 3. The van der Waals surface area contributed by atoms with Crippen LogP contribution in [0.25, 0.3) is 11.0 Å². The molecule has 3 aromatic rings. The summed E-state index contributed by atoms with van der Waals surface area (Å²) in [6.07, 6.45) is 1.11. The molecule has 1 saturated heterocycles. The minimum atomic E-state index is -0.271. The van der Waals surface area contributed by atoms with Crippen LogP contribution in [0.4, 0.5) is 0 Å². The average Bonchev–Trinajstić information content (AvgIpc) is 3.16. The first kappa shape index (κ1) is 19.6. The Morgan fingerprint density at radius 1 is 1.24 bits per heavy atom. The van der Waals surface area contributed by atoms with Crippen molar-refractivity contribution in [1.82, 2.24) is 25.1 Å². The summed E-state index contributed by atoms with van der Waals surface area (Å²) in [6.45, 7) is 2.87. The summed E-state index contributed by atoms with van der Waals surface area (Å²) in [5, 5.41) is 11.0. The van der Waals surface area contributed by atoms with Crippen LogP contribution in [0.15, 0.2) is 39.8 Å². The minimum absolute atomic E-state index is 0. The molecule has 2 aliphatic heterocycles. The van der Waals surface area contributed by atoms with Crippen LogP contribution in [-0.4, -0.2) is 45.8 Å². The monoisotopic (exact) mass is 415 g/mol. The van der Waals surface area contributed by atoms with Gasteiger partial charge in [0.2, 0.25) is 0 Å². The molecular weight excluding hydrogens is 394 g/mol. The third-order valence-corrected chi connectivity index (χ3v) is 5.82. The maximum atomic E-state index is 13.0. The summed E-state index contributed by atoms with van der Waals surface area (Å²) in [6, 6.07) is 9.16. The van der Waals surface area contributed by atoms with Gasteiger partial charge in [-0.05, 0) is 59.0 Å². The molecule has 0 aliphatic carbocycles. The summed E-state index contributed by atoms with van der Waals surface area (Å²) in [5.74, 6) is 0.534. The van der Waals surface area contributed by atoms with Gasteiger partial charge >= 0.3 is 0 Å². The van der Waals surface area contributed by atoms with E-state index in [2.05, 4.69) is 15.6 Å². The molecule has 0 radical (unpaired) electrons. The fourth-order valence-electron chi connectivity index (χ4n) is 4.43. The van der Waals surface area contributed by atoms with Gasteiger partial charge in [-0.3, -0.25) is 9.59 Å². The predicted octanol–water partition coefficient (Wildman–Crippen LogP) is 1.79. The molecular formula is C20H22ClN5O3. The van der Waals surface area contributed by atoms with Crippen molar-refractivity contribution >= 4 is 29.3 Å². The molecule has 2 aliphatic rings. The third-order valence-electron chi connectivity index (χ3n) is 5.82. The summed E-state index contributed by atoms with van der Waals surface area (Å²) in [4.78, 5) is 27.6. The lowest BCUT2D eigenvalue weighted by Crippen LogP contribution is -2.46. The molecule has 8 nitrogen and oxygen atoms in total. The van der Waals surface area contributed by atoms with Gasteiger partial charge < -0.3 is 14.8 Å². The largest absolute Gasteiger partial charge is 0.337 e. The second kappa shape index (κ2) is 7.61. The van der Waals surface area contributed by atoms with Crippen LogP contribution in [0.2, 0.25) is 0 Å². The number of amides is 1. The molecule has 29 heavy (non-hydrogen) atoms. The van der Waals surface area contributed by atoms with E-state index >= 15 is 0 Å². The zero-order chi connectivity index (χ0) is 19.3. The number of hydrogen-bond donors (Lipinski definition) is 1. The second-order valence-corrected chi connectivity index (χ2v) is 7.79. The van der Waals surface area contributed by atoms with Crippen LogP contribution in [0.3, 0.4) is 0 Å². The molecule has 2 bridgehead atoms. The first-order chi connectivity index (χ1) is 13.6. The number of nitrogens with one attached hydrogen (secondary N) is 1. The van der Waals surface area contributed by atoms with Crippen molar-refractivity contribution in [3.8, 4) is 0 Å². The normalized spacial score (nSPS) is 20.0. The maximum absolute atomic E-state index is 13.0. The van der Waals surface area contributed by atoms with Crippen LogP contribution in [-0.2, 0) is 13.1 Å². The van der Waals surface area contributed by atoms with E-state index in [1.165, 1.54) is 0 Å². The van der Waals surface area contributed by atoms with Gasteiger partial charge in [0.15, 0.2) is 0 Å². The highest BCUT2D eigenvalue weighted by molar-refractivity contribution is 5.93. The Labute approximate surface area is 173 Å². The van der Waals surface area contributed by atoms with E-state index in [1.807, 2.05) is 22.8 Å². The van der Waals surface area contributed by atoms with Gasteiger partial charge in [-0.25, -0.2) is 4.63 Å². The first-order valence-corrected chi connectivity index (χ1v) is 9.51. The molecule has 1 N–H and O–H groups in total. The molecule has 152 valence electrons. The summed E-state index contributed by atoms with van der Waals surface area (Å²) in [5.41, 5.74) is 3.30. The van der Waals surface area contributed by atoms with Crippen molar-refractivity contribution in [2.24, 2.45) is 5.92 Å². The predicted molar refractivity (Wildman–Crippen MR) is 109 cm³/mol. The van der Waals surface area contributed by atoms with E-state index in [9.17, 15) is 9.59 Å². The summed E-state index contributed by atoms with van der Waals surface area (Å²) < 4.78 is 6.53. The lowest BCUT2D eigenvalue weighted by molar-refractivity contribution is 0.0782. The number of piperidine rings is 1. The third kappa shape index (κ3) is 3.42. The first-order valence-electron chi connectivity index (χ1n) is 9.51. The van der Waals surface area contributed by atoms with Crippen LogP contribution in [0.1, 0.15) is 34.0 Å². The quantitative estimate of drug-likeness (QED) is 0.701. The van der Waals surface area contributed by atoms with Crippen molar-refractivity contribution in [2.75, 3.05) is 20.1 Å². The number of hydrogen-bond acceptors (Lipinski definition) is 6. The highest BCUT2D eigenvalue weighted by Crippen LogP contribution is 2.31. The molecule has 2 aromatic heterocycles. The smallest absolute Gasteiger partial charge is 0.263 e. The van der Waals surface area contributed by atoms with Crippen molar-refractivity contribution in [3.63, 3.8) is 0 Å². The van der Waals surface area contributed by atoms with Crippen LogP contribution >= 0.6 is 12.4 Å². The van der Waals surface area contributed by atoms with Gasteiger partial charge in [0.1, 0.15) is 16.6 Å². The minimum Gasteiger partial charge on any atom is -0.337 e. The molecule has 4 heterocycles. The Kier molecular flexibility index (Phi) is 5.14. The molecule has 0 spiro atoms. The van der Waals surface area contributed by atoms with Crippen LogP contribution in [0, 0.1) is 5.92 Å². The second-order valence-electron chi connectivity index (χ2n) is 7.79.